The maximum absolute atomic E-state index is 11.8. The van der Waals surface area contributed by atoms with Crippen LogP contribution in [0.25, 0.3) is 0 Å². The van der Waals surface area contributed by atoms with Gasteiger partial charge in [-0.1, -0.05) is 11.6 Å². The van der Waals surface area contributed by atoms with Crippen molar-refractivity contribution in [2.75, 3.05) is 12.3 Å². The third-order valence-electron chi connectivity index (χ3n) is 2.50. The highest BCUT2D eigenvalue weighted by atomic mass is 35.5. The van der Waals surface area contributed by atoms with Crippen molar-refractivity contribution in [3.05, 3.63) is 28.8 Å². The van der Waals surface area contributed by atoms with Crippen LogP contribution in [0.3, 0.4) is 0 Å². The SMILES string of the molecule is Nc1cc(C(=O)NC2CCOC2=O)ccc1Cl. The van der Waals surface area contributed by atoms with Gasteiger partial charge in [-0.25, -0.2) is 4.79 Å². The zero-order valence-electron chi connectivity index (χ0n) is 8.90. The number of hydrogen-bond donors (Lipinski definition) is 2. The maximum atomic E-state index is 11.8. The number of rotatable bonds is 2. The number of ether oxygens (including phenoxy) is 1. The van der Waals surface area contributed by atoms with Crippen LogP contribution in [0.4, 0.5) is 5.69 Å². The predicted octanol–water partition coefficient (Wildman–Crippen LogP) is 0.967. The molecule has 1 atom stereocenters. The van der Waals surface area contributed by atoms with E-state index in [4.69, 9.17) is 22.1 Å². The Labute approximate surface area is 103 Å². The summed E-state index contributed by atoms with van der Waals surface area (Å²) in [4.78, 5) is 23.0. The number of carbonyl (C=O) groups excluding carboxylic acids is 2. The van der Waals surface area contributed by atoms with Gasteiger partial charge in [0.15, 0.2) is 0 Å². The summed E-state index contributed by atoms with van der Waals surface area (Å²) in [7, 11) is 0. The van der Waals surface area contributed by atoms with Gasteiger partial charge in [0.25, 0.3) is 5.91 Å². The number of nitrogens with two attached hydrogens (primary N) is 1. The van der Waals surface area contributed by atoms with Crippen LogP contribution in [0, 0.1) is 0 Å². The molecule has 3 N–H and O–H groups in total. The Kier molecular flexibility index (Phi) is 3.19. The van der Waals surface area contributed by atoms with Crippen LogP contribution in [-0.2, 0) is 9.53 Å². The fourth-order valence-electron chi connectivity index (χ4n) is 1.55. The molecule has 0 bridgehead atoms. The van der Waals surface area contributed by atoms with E-state index in [0.717, 1.165) is 0 Å². The summed E-state index contributed by atoms with van der Waals surface area (Å²) in [5.74, 6) is -0.766. The minimum Gasteiger partial charge on any atom is -0.464 e. The average Bonchev–Trinajstić information content (AvgIpc) is 2.68. The molecule has 1 aromatic rings. The minimum absolute atomic E-state index is 0.327. The Hall–Kier alpha value is -1.75. The Morgan fingerprint density at radius 2 is 2.29 bits per heavy atom. The van der Waals surface area contributed by atoms with Crippen molar-refractivity contribution in [3.8, 4) is 0 Å². The minimum atomic E-state index is -0.570. The Balaban J connectivity index is 2.09. The van der Waals surface area contributed by atoms with E-state index in [1.54, 1.807) is 12.1 Å². The molecular weight excluding hydrogens is 244 g/mol. The van der Waals surface area contributed by atoms with Gasteiger partial charge in [0.05, 0.1) is 17.3 Å². The maximum Gasteiger partial charge on any atom is 0.328 e. The first-order valence-corrected chi connectivity index (χ1v) is 5.48. The average molecular weight is 255 g/mol. The van der Waals surface area contributed by atoms with Gasteiger partial charge in [-0.05, 0) is 18.2 Å². The van der Waals surface area contributed by atoms with Crippen LogP contribution in [0.15, 0.2) is 18.2 Å². The van der Waals surface area contributed by atoms with E-state index < -0.39 is 12.0 Å². The molecule has 1 heterocycles. The number of carbonyl (C=O) groups is 2. The van der Waals surface area contributed by atoms with Gasteiger partial charge in [-0.3, -0.25) is 4.79 Å². The molecule has 0 saturated carbocycles. The van der Waals surface area contributed by atoms with E-state index >= 15 is 0 Å². The van der Waals surface area contributed by atoms with Crippen LogP contribution in [0.5, 0.6) is 0 Å². The summed E-state index contributed by atoms with van der Waals surface area (Å²) in [5, 5.41) is 2.97. The normalized spacial score (nSPS) is 18.9. The first-order chi connectivity index (χ1) is 8.08. The van der Waals surface area contributed by atoms with Crippen LogP contribution in [0.1, 0.15) is 16.8 Å². The Morgan fingerprint density at radius 3 is 2.88 bits per heavy atom. The predicted molar refractivity (Wildman–Crippen MR) is 62.7 cm³/mol. The topological polar surface area (TPSA) is 81.4 Å². The molecule has 5 nitrogen and oxygen atoms in total. The number of cyclic esters (lactones) is 1. The van der Waals surface area contributed by atoms with E-state index in [1.165, 1.54) is 6.07 Å². The van der Waals surface area contributed by atoms with Crippen molar-refractivity contribution in [1.82, 2.24) is 5.32 Å². The number of anilines is 1. The molecular formula is C11H11ClN2O3. The van der Waals surface area contributed by atoms with E-state index in [1.807, 2.05) is 0 Å². The third-order valence-corrected chi connectivity index (χ3v) is 2.84. The zero-order valence-corrected chi connectivity index (χ0v) is 9.66. The highest BCUT2D eigenvalue weighted by Crippen LogP contribution is 2.19. The van der Waals surface area contributed by atoms with Crippen molar-refractivity contribution in [2.24, 2.45) is 0 Å². The highest BCUT2D eigenvalue weighted by Gasteiger charge is 2.28. The molecule has 1 aliphatic rings. The van der Waals surface area contributed by atoms with Crippen molar-refractivity contribution < 1.29 is 14.3 Å². The second-order valence-electron chi connectivity index (χ2n) is 3.72. The number of benzene rings is 1. The van der Waals surface area contributed by atoms with Gasteiger partial charge in [-0.2, -0.15) is 0 Å². The third kappa shape index (κ3) is 2.50. The summed E-state index contributed by atoms with van der Waals surface area (Å²) in [5.41, 5.74) is 6.28. The Morgan fingerprint density at radius 1 is 1.53 bits per heavy atom. The molecule has 1 amide bonds. The lowest BCUT2D eigenvalue weighted by atomic mass is 10.1. The fourth-order valence-corrected chi connectivity index (χ4v) is 1.67. The second kappa shape index (κ2) is 4.63. The molecule has 1 saturated heterocycles. The molecule has 0 radical (unpaired) electrons. The molecule has 1 aliphatic heterocycles. The number of halogens is 1. The molecule has 0 aromatic heterocycles. The lowest BCUT2D eigenvalue weighted by molar-refractivity contribution is -0.139. The highest BCUT2D eigenvalue weighted by molar-refractivity contribution is 6.33. The fraction of sp³-hybridized carbons (Fsp3) is 0.273. The van der Waals surface area contributed by atoms with Crippen LogP contribution >= 0.6 is 11.6 Å². The molecule has 1 fully saturated rings. The van der Waals surface area contributed by atoms with Crippen LogP contribution < -0.4 is 11.1 Å². The number of hydrogen-bond acceptors (Lipinski definition) is 4. The van der Waals surface area contributed by atoms with E-state index in [0.29, 0.717) is 29.3 Å². The van der Waals surface area contributed by atoms with E-state index in [2.05, 4.69) is 5.32 Å². The molecule has 17 heavy (non-hydrogen) atoms. The van der Waals surface area contributed by atoms with Gasteiger partial charge in [0.2, 0.25) is 0 Å². The molecule has 1 unspecified atom stereocenters. The van der Waals surface area contributed by atoms with Gasteiger partial charge in [0, 0.05) is 12.0 Å². The second-order valence-corrected chi connectivity index (χ2v) is 4.13. The lowest BCUT2D eigenvalue weighted by Crippen LogP contribution is -2.37. The van der Waals surface area contributed by atoms with Crippen molar-refractivity contribution in [1.29, 1.82) is 0 Å². The van der Waals surface area contributed by atoms with Gasteiger partial charge < -0.3 is 15.8 Å². The summed E-state index contributed by atoms with van der Waals surface area (Å²) >= 11 is 5.75. The van der Waals surface area contributed by atoms with Gasteiger partial charge in [0.1, 0.15) is 6.04 Å². The van der Waals surface area contributed by atoms with E-state index in [-0.39, 0.29) is 5.91 Å². The largest absolute Gasteiger partial charge is 0.464 e. The molecule has 6 heteroatoms. The van der Waals surface area contributed by atoms with E-state index in [9.17, 15) is 9.59 Å². The number of esters is 1. The first-order valence-electron chi connectivity index (χ1n) is 5.10. The van der Waals surface area contributed by atoms with Crippen LogP contribution in [0.2, 0.25) is 5.02 Å². The number of nitrogen functional groups attached to an aromatic ring is 1. The van der Waals surface area contributed by atoms with Crippen molar-refractivity contribution >= 4 is 29.2 Å². The van der Waals surface area contributed by atoms with Crippen LogP contribution in [-0.4, -0.2) is 24.5 Å². The van der Waals surface area contributed by atoms with Gasteiger partial charge in [-0.15, -0.1) is 0 Å². The molecule has 2 rings (SSSR count). The molecule has 90 valence electrons. The monoisotopic (exact) mass is 254 g/mol. The summed E-state index contributed by atoms with van der Waals surface area (Å²) in [6.45, 7) is 0.340. The van der Waals surface area contributed by atoms with Crippen molar-refractivity contribution in [2.45, 2.75) is 12.5 Å². The number of amides is 1. The zero-order chi connectivity index (χ0) is 12.4. The Bertz CT molecular complexity index is 476. The quantitative estimate of drug-likeness (QED) is 0.609. The molecule has 1 aromatic carbocycles. The van der Waals surface area contributed by atoms with Crippen molar-refractivity contribution in [3.63, 3.8) is 0 Å². The summed E-state index contributed by atoms with van der Waals surface area (Å²) in [6, 6.07) is 3.99. The standard InChI is InChI=1S/C11H11ClN2O3/c12-7-2-1-6(5-8(7)13)10(15)14-9-3-4-17-11(9)16/h1-2,5,9H,3-4,13H2,(H,14,15). The molecule has 0 spiro atoms. The summed E-state index contributed by atoms with van der Waals surface area (Å²) in [6.07, 6.45) is 0.494. The smallest absolute Gasteiger partial charge is 0.328 e. The summed E-state index contributed by atoms with van der Waals surface area (Å²) < 4.78 is 4.75. The molecule has 0 aliphatic carbocycles. The van der Waals surface area contributed by atoms with Gasteiger partial charge >= 0.3 is 5.97 Å². The first kappa shape index (κ1) is 11.7. The lowest BCUT2D eigenvalue weighted by Gasteiger charge is -2.09. The number of nitrogens with one attached hydrogen (secondary N) is 1.